The number of carbonyl (C=O) groups excluding carboxylic acids is 2. The zero-order chi connectivity index (χ0) is 27.6. The lowest BCUT2D eigenvalue weighted by molar-refractivity contribution is -0.173. The Morgan fingerprint density at radius 3 is 2.47 bits per heavy atom. The van der Waals surface area contributed by atoms with Crippen molar-refractivity contribution in [1.82, 2.24) is 14.8 Å². The Kier molecular flexibility index (Phi) is 8.05. The molecule has 1 N–H and O–H groups in total. The van der Waals surface area contributed by atoms with Crippen LogP contribution in [-0.2, 0) is 22.6 Å². The molecule has 1 aromatic heterocycles. The third-order valence-corrected chi connectivity index (χ3v) is 6.89. The van der Waals surface area contributed by atoms with Gasteiger partial charge in [0.25, 0.3) is 5.91 Å². The second-order valence-electron chi connectivity index (χ2n) is 9.45. The highest BCUT2D eigenvalue weighted by molar-refractivity contribution is 6.07. The number of piperidine rings is 1. The van der Waals surface area contributed by atoms with Gasteiger partial charge in [-0.3, -0.25) is 9.59 Å². The van der Waals surface area contributed by atoms with Gasteiger partial charge in [0.15, 0.2) is 0 Å². The van der Waals surface area contributed by atoms with Crippen molar-refractivity contribution in [3.63, 3.8) is 0 Å². The van der Waals surface area contributed by atoms with Crippen LogP contribution in [0.3, 0.4) is 0 Å². The van der Waals surface area contributed by atoms with E-state index in [0.29, 0.717) is 66.7 Å². The number of rotatable bonds is 7. The van der Waals surface area contributed by atoms with Crippen molar-refractivity contribution in [2.45, 2.75) is 44.9 Å². The van der Waals surface area contributed by atoms with Crippen LogP contribution >= 0.6 is 0 Å². The first-order valence-electron chi connectivity index (χ1n) is 12.2. The normalized spacial score (nSPS) is 14.8. The number of alkyl halides is 3. The first-order chi connectivity index (χ1) is 18.0. The van der Waals surface area contributed by atoms with E-state index in [1.54, 1.807) is 30.4 Å². The van der Waals surface area contributed by atoms with Crippen LogP contribution in [-0.4, -0.2) is 54.3 Å². The molecule has 2 amide bonds. The molecule has 0 radical (unpaired) electrons. The number of amides is 2. The molecule has 3 aromatic rings. The average molecular weight is 538 g/mol. The third kappa shape index (κ3) is 5.82. The number of hydrogen-bond donors (Lipinski definition) is 1. The van der Waals surface area contributed by atoms with Crippen molar-refractivity contribution in [3.05, 3.63) is 70.4 Å². The molecule has 0 spiro atoms. The average Bonchev–Trinajstić information content (AvgIpc) is 3.24. The van der Waals surface area contributed by atoms with Gasteiger partial charge >= 0.3 is 12.1 Å². The summed E-state index contributed by atoms with van der Waals surface area (Å²) in [5.74, 6) is -3.49. The molecule has 11 heteroatoms. The molecule has 204 valence electrons. The number of aryl methyl sites for hydroxylation is 1. The summed E-state index contributed by atoms with van der Waals surface area (Å²) in [5, 5.41) is 2.31. The van der Waals surface area contributed by atoms with Gasteiger partial charge in [-0.15, -0.1) is 0 Å². The van der Waals surface area contributed by atoms with Crippen LogP contribution in [0.4, 0.5) is 22.0 Å². The number of nitrogens with zero attached hydrogens (tertiary/aromatic N) is 2. The van der Waals surface area contributed by atoms with Crippen LogP contribution < -0.4 is 5.32 Å². The fourth-order valence-corrected chi connectivity index (χ4v) is 5.01. The molecule has 1 fully saturated rings. The minimum Gasteiger partial charge on any atom is -0.383 e. The molecule has 1 saturated heterocycles. The van der Waals surface area contributed by atoms with Crippen LogP contribution in [0.5, 0.6) is 0 Å². The fourth-order valence-electron chi connectivity index (χ4n) is 5.01. The third-order valence-electron chi connectivity index (χ3n) is 6.89. The fraction of sp³-hybridized carbons (Fsp3) is 0.407. The number of hydrogen-bond acceptors (Lipinski definition) is 3. The standard InChI is InChI=1S/C27H28F5N3O3/c1-16-11-19(28)13-21-22(15-35(24(16)21)9-10-38-2)25(36)34-7-5-18(6-8-34)20-12-17(3-4-23(20)29)14-33-26(37)27(30,31)32/h3-4,11-13,15,18H,5-10,14H2,1-2H3,(H,33,37). The number of methoxy groups -OCH3 is 1. The van der Waals surface area contributed by atoms with Gasteiger partial charge < -0.3 is 19.5 Å². The Hall–Kier alpha value is -3.47. The number of likely N-dealkylation sites (tertiary alicyclic amines) is 1. The Morgan fingerprint density at radius 1 is 1.11 bits per heavy atom. The molecule has 2 heterocycles. The zero-order valence-electron chi connectivity index (χ0n) is 21.0. The maximum absolute atomic E-state index is 14.6. The number of halogens is 5. The van der Waals surface area contributed by atoms with Crippen LogP contribution in [0.2, 0.25) is 0 Å². The summed E-state index contributed by atoms with van der Waals surface area (Å²) in [7, 11) is 1.57. The molecule has 4 rings (SSSR count). The monoisotopic (exact) mass is 537 g/mol. The van der Waals surface area contributed by atoms with E-state index < -0.39 is 23.7 Å². The molecule has 0 bridgehead atoms. The summed E-state index contributed by atoms with van der Waals surface area (Å²) in [6.07, 6.45) is -2.40. The summed E-state index contributed by atoms with van der Waals surface area (Å²) in [5.41, 5.74) is 2.53. The highest BCUT2D eigenvalue weighted by Gasteiger charge is 2.38. The quantitative estimate of drug-likeness (QED) is 0.428. The summed E-state index contributed by atoms with van der Waals surface area (Å²) >= 11 is 0. The summed E-state index contributed by atoms with van der Waals surface area (Å²) < 4.78 is 73.3. The molecular formula is C27H28F5N3O3. The molecule has 6 nitrogen and oxygen atoms in total. The Bertz CT molecular complexity index is 1340. The predicted molar refractivity (Wildman–Crippen MR) is 131 cm³/mol. The van der Waals surface area contributed by atoms with E-state index in [1.165, 1.54) is 30.3 Å². The van der Waals surface area contributed by atoms with Crippen molar-refractivity contribution < 1.29 is 36.3 Å². The minimum absolute atomic E-state index is 0.250. The Morgan fingerprint density at radius 2 is 1.82 bits per heavy atom. The first kappa shape index (κ1) is 27.6. The molecule has 2 aromatic carbocycles. The topological polar surface area (TPSA) is 63.6 Å². The molecule has 0 unspecified atom stereocenters. The summed E-state index contributed by atoms with van der Waals surface area (Å²) in [4.78, 5) is 26.2. The predicted octanol–water partition coefficient (Wildman–Crippen LogP) is 5.07. The van der Waals surface area contributed by atoms with Crippen molar-refractivity contribution >= 4 is 22.7 Å². The molecule has 1 aliphatic heterocycles. The van der Waals surface area contributed by atoms with Crippen molar-refractivity contribution in [2.24, 2.45) is 0 Å². The number of ether oxygens (including phenoxy) is 1. The van der Waals surface area contributed by atoms with E-state index in [0.717, 1.165) is 5.52 Å². The van der Waals surface area contributed by atoms with Gasteiger partial charge in [0, 0.05) is 44.9 Å². The van der Waals surface area contributed by atoms with Crippen LogP contribution in [0, 0.1) is 18.6 Å². The smallest absolute Gasteiger partial charge is 0.383 e. The zero-order valence-corrected chi connectivity index (χ0v) is 21.0. The van der Waals surface area contributed by atoms with Crippen LogP contribution in [0.1, 0.15) is 45.8 Å². The van der Waals surface area contributed by atoms with E-state index in [1.807, 2.05) is 4.57 Å². The van der Waals surface area contributed by atoms with E-state index in [-0.39, 0.29) is 18.4 Å². The van der Waals surface area contributed by atoms with E-state index in [2.05, 4.69) is 0 Å². The van der Waals surface area contributed by atoms with Crippen molar-refractivity contribution in [2.75, 3.05) is 26.8 Å². The molecule has 38 heavy (non-hydrogen) atoms. The van der Waals surface area contributed by atoms with Crippen LogP contribution in [0.15, 0.2) is 36.5 Å². The molecule has 0 atom stereocenters. The Balaban J connectivity index is 1.48. The van der Waals surface area contributed by atoms with Gasteiger partial charge in [0.05, 0.1) is 17.7 Å². The lowest BCUT2D eigenvalue weighted by Gasteiger charge is -2.32. The number of aromatic nitrogens is 1. The molecular weight excluding hydrogens is 509 g/mol. The van der Waals surface area contributed by atoms with Crippen molar-refractivity contribution in [1.29, 1.82) is 0 Å². The maximum atomic E-state index is 14.6. The maximum Gasteiger partial charge on any atom is 0.471 e. The van der Waals surface area contributed by atoms with Gasteiger partial charge in [0.2, 0.25) is 0 Å². The largest absolute Gasteiger partial charge is 0.471 e. The summed E-state index contributed by atoms with van der Waals surface area (Å²) in [6, 6.07) is 6.73. The van der Waals surface area contributed by atoms with Gasteiger partial charge in [-0.1, -0.05) is 12.1 Å². The Labute approximate surface area is 216 Å². The van der Waals surface area contributed by atoms with Crippen LogP contribution in [0.25, 0.3) is 10.9 Å². The number of nitrogens with one attached hydrogen (secondary N) is 1. The number of fused-ring (bicyclic) bond motifs is 1. The SMILES string of the molecule is COCCn1cc(C(=O)N2CCC(c3cc(CNC(=O)C(F)(F)F)ccc3F)CC2)c2cc(F)cc(C)c21. The second-order valence-corrected chi connectivity index (χ2v) is 9.45. The van der Waals surface area contributed by atoms with E-state index in [4.69, 9.17) is 4.74 Å². The second kappa shape index (κ2) is 11.1. The lowest BCUT2D eigenvalue weighted by atomic mass is 9.88. The highest BCUT2D eigenvalue weighted by atomic mass is 19.4. The molecule has 0 aliphatic carbocycles. The van der Waals surface area contributed by atoms with Crippen molar-refractivity contribution in [3.8, 4) is 0 Å². The molecule has 1 aliphatic rings. The van der Waals surface area contributed by atoms with E-state index >= 15 is 0 Å². The number of benzene rings is 2. The van der Waals surface area contributed by atoms with Gasteiger partial charge in [-0.25, -0.2) is 8.78 Å². The van der Waals surface area contributed by atoms with Gasteiger partial charge in [0.1, 0.15) is 11.6 Å². The lowest BCUT2D eigenvalue weighted by Crippen LogP contribution is -2.38. The van der Waals surface area contributed by atoms with Gasteiger partial charge in [-0.05, 0) is 60.6 Å². The van der Waals surface area contributed by atoms with Gasteiger partial charge in [-0.2, -0.15) is 13.2 Å². The molecule has 0 saturated carbocycles. The highest BCUT2D eigenvalue weighted by Crippen LogP contribution is 2.33. The summed E-state index contributed by atoms with van der Waals surface area (Å²) in [6.45, 7) is 2.98. The van der Waals surface area contributed by atoms with E-state index in [9.17, 15) is 31.5 Å². The first-order valence-corrected chi connectivity index (χ1v) is 12.2. The number of carbonyl (C=O) groups is 2. The minimum atomic E-state index is -5.00.